The van der Waals surface area contributed by atoms with E-state index in [0.29, 0.717) is 6.21 Å². The predicted molar refractivity (Wildman–Crippen MR) is 34.8 cm³/mol. The molecule has 6 heteroatoms. The molecule has 1 aliphatic rings. The molecule has 1 heterocycles. The lowest BCUT2D eigenvalue weighted by molar-refractivity contribution is -0.123. The molecule has 0 saturated heterocycles. The Morgan fingerprint density at radius 3 is 2.70 bits per heavy atom. The van der Waals surface area contributed by atoms with E-state index in [1.807, 2.05) is 0 Å². The molecule has 4 nitrogen and oxygen atoms in total. The molecule has 0 fully saturated rings. The summed E-state index contributed by atoms with van der Waals surface area (Å²) in [4.78, 5) is 23.7. The second-order valence-electron chi connectivity index (χ2n) is 1.64. The van der Waals surface area contributed by atoms with Gasteiger partial charge in [-0.3, -0.25) is 10.1 Å². The molecule has 1 rings (SSSR count). The number of rotatable bonds is 0. The van der Waals surface area contributed by atoms with E-state index in [1.54, 1.807) is 5.32 Å². The van der Waals surface area contributed by atoms with Gasteiger partial charge in [0.05, 0.1) is 6.21 Å². The van der Waals surface area contributed by atoms with E-state index in [2.05, 4.69) is 20.9 Å². The van der Waals surface area contributed by atoms with Crippen LogP contribution in [0.1, 0.15) is 0 Å². The predicted octanol–water partition coefficient (Wildman–Crippen LogP) is 0.368. The van der Waals surface area contributed by atoms with Gasteiger partial charge in [-0.05, 0) is 15.9 Å². The molecular weight excluding hydrogens is 207 g/mol. The average Bonchev–Trinajstić information content (AvgIpc) is 1.81. The van der Waals surface area contributed by atoms with Gasteiger partial charge < -0.3 is 0 Å². The van der Waals surface area contributed by atoms with E-state index in [0.717, 1.165) is 0 Å². The average molecular weight is 209 g/mol. The molecule has 3 amide bonds. The SMILES string of the molecule is O=C1N=CC(F)(Br)C(=O)N1. The molecule has 1 atom stereocenters. The number of hydrogen-bond acceptors (Lipinski definition) is 2. The minimum absolute atomic E-state index is 0.605. The zero-order chi connectivity index (χ0) is 7.78. The third-order valence-corrected chi connectivity index (χ3v) is 1.43. The zero-order valence-corrected chi connectivity index (χ0v) is 6.18. The van der Waals surface area contributed by atoms with Crippen LogP contribution in [0, 0.1) is 0 Å². The van der Waals surface area contributed by atoms with Crippen molar-refractivity contribution < 1.29 is 14.0 Å². The van der Waals surface area contributed by atoms with Gasteiger partial charge in [0, 0.05) is 0 Å². The number of amides is 3. The Hall–Kier alpha value is -0.780. The van der Waals surface area contributed by atoms with Crippen molar-refractivity contribution in [3.63, 3.8) is 0 Å². The van der Waals surface area contributed by atoms with Crippen molar-refractivity contribution in [1.82, 2.24) is 5.32 Å². The summed E-state index contributed by atoms with van der Waals surface area (Å²) >= 11 is 2.41. The molecule has 54 valence electrons. The third kappa shape index (κ3) is 1.21. The van der Waals surface area contributed by atoms with E-state index in [1.165, 1.54) is 0 Å². The van der Waals surface area contributed by atoms with Crippen LogP contribution in [0.25, 0.3) is 0 Å². The van der Waals surface area contributed by atoms with Gasteiger partial charge in [0.25, 0.3) is 10.5 Å². The summed E-state index contributed by atoms with van der Waals surface area (Å²) in [5.74, 6) is -1.05. The van der Waals surface area contributed by atoms with E-state index < -0.39 is 16.5 Å². The highest BCUT2D eigenvalue weighted by Gasteiger charge is 2.37. The van der Waals surface area contributed by atoms with Crippen molar-refractivity contribution in [1.29, 1.82) is 0 Å². The van der Waals surface area contributed by atoms with Crippen molar-refractivity contribution in [3.05, 3.63) is 0 Å². The maximum atomic E-state index is 12.6. The highest BCUT2D eigenvalue weighted by atomic mass is 79.9. The van der Waals surface area contributed by atoms with Gasteiger partial charge in [-0.1, -0.05) is 0 Å². The van der Waals surface area contributed by atoms with Crippen molar-refractivity contribution >= 4 is 34.1 Å². The monoisotopic (exact) mass is 208 g/mol. The summed E-state index contributed by atoms with van der Waals surface area (Å²) < 4.78 is 10.3. The standard InChI is InChI=1S/C4H2BrFN2O2/c5-4(6)1-7-3(10)8-2(4)9/h1H,(H,8,9,10). The van der Waals surface area contributed by atoms with Crippen molar-refractivity contribution in [2.45, 2.75) is 4.58 Å². The lowest BCUT2D eigenvalue weighted by Gasteiger charge is -2.14. The fourth-order valence-electron chi connectivity index (χ4n) is 0.411. The Kier molecular flexibility index (Phi) is 1.55. The Morgan fingerprint density at radius 1 is 1.70 bits per heavy atom. The first-order chi connectivity index (χ1) is 4.52. The van der Waals surface area contributed by atoms with Gasteiger partial charge in [-0.15, -0.1) is 0 Å². The normalized spacial score (nSPS) is 32.2. The molecule has 0 aromatic rings. The molecule has 0 aromatic heterocycles. The molecule has 1 unspecified atom stereocenters. The number of hydrogen-bond donors (Lipinski definition) is 1. The number of carbonyl (C=O) groups is 2. The van der Waals surface area contributed by atoms with E-state index in [4.69, 9.17) is 0 Å². The molecule has 0 aromatic carbocycles. The number of imide groups is 1. The van der Waals surface area contributed by atoms with Crippen LogP contribution < -0.4 is 5.32 Å². The molecule has 1 N–H and O–H groups in total. The number of halogens is 2. The van der Waals surface area contributed by atoms with Crippen LogP contribution in [-0.2, 0) is 4.79 Å². The number of nitrogens with zero attached hydrogens (tertiary/aromatic N) is 1. The maximum Gasteiger partial charge on any atom is 0.347 e. The van der Waals surface area contributed by atoms with Crippen LogP contribution >= 0.6 is 15.9 Å². The van der Waals surface area contributed by atoms with Gasteiger partial charge in [-0.25, -0.2) is 14.2 Å². The lowest BCUT2D eigenvalue weighted by atomic mass is 10.3. The fourth-order valence-corrected chi connectivity index (χ4v) is 0.613. The number of carbonyl (C=O) groups excluding carboxylic acids is 2. The summed E-state index contributed by atoms with van der Waals surface area (Å²) in [6, 6.07) is -0.849. The van der Waals surface area contributed by atoms with Gasteiger partial charge in [-0.2, -0.15) is 0 Å². The molecule has 0 bridgehead atoms. The van der Waals surface area contributed by atoms with E-state index in [-0.39, 0.29) is 0 Å². The number of aliphatic imine (C=N–C) groups is 1. The Morgan fingerprint density at radius 2 is 2.30 bits per heavy atom. The highest BCUT2D eigenvalue weighted by Crippen LogP contribution is 2.19. The quantitative estimate of drug-likeness (QED) is 0.585. The number of urea groups is 1. The molecule has 0 saturated carbocycles. The molecule has 0 spiro atoms. The van der Waals surface area contributed by atoms with Crippen molar-refractivity contribution in [3.8, 4) is 0 Å². The Labute approximate surface area is 63.6 Å². The molecule has 0 radical (unpaired) electrons. The fraction of sp³-hybridized carbons (Fsp3) is 0.250. The van der Waals surface area contributed by atoms with E-state index >= 15 is 0 Å². The Bertz CT molecular complexity index is 225. The second-order valence-corrected chi connectivity index (χ2v) is 2.79. The highest BCUT2D eigenvalue weighted by molar-refractivity contribution is 9.10. The lowest BCUT2D eigenvalue weighted by Crippen LogP contribution is -2.46. The van der Waals surface area contributed by atoms with Crippen LogP contribution in [0.2, 0.25) is 0 Å². The summed E-state index contributed by atoms with van der Waals surface area (Å²) in [5, 5.41) is 1.67. The molecular formula is C4H2BrFN2O2. The number of nitrogens with one attached hydrogen (secondary N) is 1. The van der Waals surface area contributed by atoms with Crippen molar-refractivity contribution in [2.24, 2.45) is 4.99 Å². The summed E-state index contributed by atoms with van der Waals surface area (Å²) in [7, 11) is 0. The molecule has 10 heavy (non-hydrogen) atoms. The first kappa shape index (κ1) is 7.33. The Balaban J connectivity index is 2.93. The first-order valence-corrected chi connectivity index (χ1v) is 3.10. The molecule has 1 aliphatic heterocycles. The smallest absolute Gasteiger partial charge is 0.272 e. The van der Waals surface area contributed by atoms with Crippen molar-refractivity contribution in [2.75, 3.05) is 0 Å². The van der Waals surface area contributed by atoms with Crippen LogP contribution in [0.5, 0.6) is 0 Å². The van der Waals surface area contributed by atoms with Gasteiger partial charge in [0.1, 0.15) is 0 Å². The van der Waals surface area contributed by atoms with Gasteiger partial charge in [0.15, 0.2) is 0 Å². The molecule has 0 aliphatic carbocycles. The maximum absolute atomic E-state index is 12.6. The third-order valence-electron chi connectivity index (χ3n) is 0.867. The largest absolute Gasteiger partial charge is 0.347 e. The van der Waals surface area contributed by atoms with Crippen LogP contribution in [0.4, 0.5) is 9.18 Å². The van der Waals surface area contributed by atoms with E-state index in [9.17, 15) is 14.0 Å². The topological polar surface area (TPSA) is 58.5 Å². The van der Waals surface area contributed by atoms with Crippen LogP contribution in [-0.4, -0.2) is 22.7 Å². The summed E-state index contributed by atoms with van der Waals surface area (Å²) in [6.07, 6.45) is 0.605. The van der Waals surface area contributed by atoms with Gasteiger partial charge >= 0.3 is 6.03 Å². The zero-order valence-electron chi connectivity index (χ0n) is 4.60. The van der Waals surface area contributed by atoms with Crippen LogP contribution in [0.15, 0.2) is 4.99 Å². The minimum atomic E-state index is -2.33. The summed E-state index contributed by atoms with van der Waals surface area (Å²) in [6.45, 7) is 0. The number of alkyl halides is 2. The summed E-state index contributed by atoms with van der Waals surface area (Å²) in [5.41, 5.74) is 0. The first-order valence-electron chi connectivity index (χ1n) is 2.31. The van der Waals surface area contributed by atoms with Gasteiger partial charge in [0.2, 0.25) is 0 Å². The van der Waals surface area contributed by atoms with Crippen LogP contribution in [0.3, 0.4) is 0 Å². The minimum Gasteiger partial charge on any atom is -0.272 e. The second kappa shape index (κ2) is 2.12.